The molecule has 0 unspecified atom stereocenters. The van der Waals surface area contributed by atoms with Crippen LogP contribution in [0.4, 0.5) is 11.9 Å². The van der Waals surface area contributed by atoms with Crippen molar-refractivity contribution < 1.29 is 0 Å². The smallest absolute Gasteiger partial charge is 0.246 e. The van der Waals surface area contributed by atoms with Crippen LogP contribution in [-0.4, -0.2) is 34.8 Å². The molecular formula is C15H20Cl2N6. The molecule has 2 heterocycles. The Labute approximate surface area is 145 Å². The van der Waals surface area contributed by atoms with Crippen LogP contribution in [0.3, 0.4) is 0 Å². The lowest BCUT2D eigenvalue weighted by atomic mass is 9.97. The second-order valence-corrected chi connectivity index (χ2v) is 6.64. The number of nitrogens with zero attached hydrogens (tertiary/aromatic N) is 3. The van der Waals surface area contributed by atoms with E-state index in [-0.39, 0.29) is 0 Å². The zero-order valence-corrected chi connectivity index (χ0v) is 14.2. The maximum Gasteiger partial charge on any atom is 0.246 e. The van der Waals surface area contributed by atoms with Crippen molar-refractivity contribution in [1.82, 2.24) is 20.5 Å². The zero-order chi connectivity index (χ0) is 16.2. The molecule has 1 aliphatic heterocycles. The van der Waals surface area contributed by atoms with Gasteiger partial charge in [-0.1, -0.05) is 29.3 Å². The number of benzene rings is 1. The number of anilines is 2. The van der Waals surface area contributed by atoms with Gasteiger partial charge in [-0.2, -0.15) is 4.98 Å². The fourth-order valence-electron chi connectivity index (χ4n) is 2.81. The number of nitrogens with two attached hydrogens (primary N) is 1. The second-order valence-electron chi connectivity index (χ2n) is 5.83. The van der Waals surface area contributed by atoms with Gasteiger partial charge in [-0.15, -0.1) is 5.10 Å². The Bertz CT molecular complexity index is 651. The molecule has 1 aromatic heterocycles. The van der Waals surface area contributed by atoms with E-state index in [1.54, 1.807) is 0 Å². The van der Waals surface area contributed by atoms with Crippen molar-refractivity contribution in [1.29, 1.82) is 0 Å². The Balaban J connectivity index is 1.41. The number of rotatable bonds is 5. The van der Waals surface area contributed by atoms with Crippen LogP contribution in [-0.2, 0) is 6.54 Å². The molecule has 1 aliphatic rings. The molecule has 0 bridgehead atoms. The predicted octanol–water partition coefficient (Wildman–Crippen LogP) is 2.70. The molecule has 8 heteroatoms. The van der Waals surface area contributed by atoms with Crippen molar-refractivity contribution in [2.45, 2.75) is 19.4 Å². The highest BCUT2D eigenvalue weighted by molar-refractivity contribution is 6.42. The topological polar surface area (TPSA) is 82.9 Å². The minimum Gasteiger partial charge on any atom is -0.368 e. The first-order valence-corrected chi connectivity index (χ1v) is 8.45. The second kappa shape index (κ2) is 7.38. The summed E-state index contributed by atoms with van der Waals surface area (Å²) in [6, 6.07) is 5.74. The van der Waals surface area contributed by atoms with Crippen molar-refractivity contribution in [2.75, 3.05) is 30.3 Å². The summed E-state index contributed by atoms with van der Waals surface area (Å²) in [5.41, 5.74) is 6.72. The molecule has 0 radical (unpaired) electrons. The van der Waals surface area contributed by atoms with Crippen molar-refractivity contribution >= 4 is 35.1 Å². The van der Waals surface area contributed by atoms with Crippen LogP contribution in [0.15, 0.2) is 18.2 Å². The van der Waals surface area contributed by atoms with E-state index in [2.05, 4.69) is 25.4 Å². The Morgan fingerprint density at radius 2 is 2.04 bits per heavy atom. The lowest BCUT2D eigenvalue weighted by Crippen LogP contribution is -2.37. The average Bonchev–Trinajstić information content (AvgIpc) is 2.98. The molecule has 124 valence electrons. The van der Waals surface area contributed by atoms with Crippen LogP contribution in [0, 0.1) is 5.92 Å². The van der Waals surface area contributed by atoms with E-state index in [0.717, 1.165) is 44.6 Å². The van der Waals surface area contributed by atoms with Crippen LogP contribution >= 0.6 is 23.2 Å². The van der Waals surface area contributed by atoms with Crippen molar-refractivity contribution in [3.63, 3.8) is 0 Å². The summed E-state index contributed by atoms with van der Waals surface area (Å²) in [5.74, 6) is 1.72. The molecular weight excluding hydrogens is 335 g/mol. The first-order chi connectivity index (χ1) is 11.1. The monoisotopic (exact) mass is 354 g/mol. The third kappa shape index (κ3) is 4.28. The number of halogens is 2. The highest BCUT2D eigenvalue weighted by atomic mass is 35.5. The number of aromatic nitrogens is 3. The van der Waals surface area contributed by atoms with E-state index < -0.39 is 0 Å². The lowest BCUT2D eigenvalue weighted by Gasteiger charge is -2.31. The van der Waals surface area contributed by atoms with Gasteiger partial charge in [-0.25, -0.2) is 5.10 Å². The SMILES string of the molecule is Nc1nc(N2CCC(CNCc3ccc(Cl)c(Cl)c3)CC2)n[nH]1. The van der Waals surface area contributed by atoms with Gasteiger partial charge in [0.1, 0.15) is 0 Å². The largest absolute Gasteiger partial charge is 0.368 e. The number of nitrogen functional groups attached to an aromatic ring is 1. The standard InChI is InChI=1S/C15H20Cl2N6/c16-12-2-1-11(7-13(12)17)9-19-8-10-3-5-23(6-4-10)15-20-14(18)21-22-15/h1-2,7,10,19H,3-6,8-9H2,(H3,18,20,21,22). The van der Waals surface area contributed by atoms with Crippen LogP contribution in [0.5, 0.6) is 0 Å². The van der Waals surface area contributed by atoms with Crippen molar-refractivity contribution in [3.05, 3.63) is 33.8 Å². The molecule has 6 nitrogen and oxygen atoms in total. The zero-order valence-electron chi connectivity index (χ0n) is 12.7. The van der Waals surface area contributed by atoms with Crippen LogP contribution < -0.4 is 16.0 Å². The molecule has 0 amide bonds. The van der Waals surface area contributed by atoms with Crippen LogP contribution in [0.25, 0.3) is 0 Å². The van der Waals surface area contributed by atoms with Gasteiger partial charge in [0.25, 0.3) is 0 Å². The number of hydrogen-bond acceptors (Lipinski definition) is 5. The van der Waals surface area contributed by atoms with E-state index in [9.17, 15) is 0 Å². The van der Waals surface area contributed by atoms with E-state index in [1.165, 1.54) is 0 Å². The lowest BCUT2D eigenvalue weighted by molar-refractivity contribution is 0.380. The first-order valence-electron chi connectivity index (χ1n) is 7.69. The highest BCUT2D eigenvalue weighted by Crippen LogP contribution is 2.23. The minimum atomic E-state index is 0.366. The number of piperidine rings is 1. The Morgan fingerprint density at radius 3 is 2.70 bits per heavy atom. The molecule has 23 heavy (non-hydrogen) atoms. The summed E-state index contributed by atoms with van der Waals surface area (Å²) in [7, 11) is 0. The van der Waals surface area contributed by atoms with Gasteiger partial charge < -0.3 is 16.0 Å². The molecule has 1 aromatic carbocycles. The van der Waals surface area contributed by atoms with Gasteiger partial charge in [0.2, 0.25) is 11.9 Å². The number of nitrogens with one attached hydrogen (secondary N) is 2. The maximum atomic E-state index is 6.03. The summed E-state index contributed by atoms with van der Waals surface area (Å²) in [6.07, 6.45) is 2.23. The summed E-state index contributed by atoms with van der Waals surface area (Å²) < 4.78 is 0. The normalized spacial score (nSPS) is 16.0. The van der Waals surface area contributed by atoms with Gasteiger partial charge in [0, 0.05) is 19.6 Å². The highest BCUT2D eigenvalue weighted by Gasteiger charge is 2.21. The third-order valence-corrected chi connectivity index (χ3v) is 4.87. The van der Waals surface area contributed by atoms with Crippen LogP contribution in [0.2, 0.25) is 10.0 Å². The number of hydrogen-bond donors (Lipinski definition) is 3. The van der Waals surface area contributed by atoms with E-state index in [4.69, 9.17) is 28.9 Å². The quantitative estimate of drug-likeness (QED) is 0.768. The number of aromatic amines is 1. The van der Waals surface area contributed by atoms with E-state index in [0.29, 0.717) is 27.9 Å². The molecule has 0 atom stereocenters. The van der Waals surface area contributed by atoms with Gasteiger partial charge in [0.05, 0.1) is 10.0 Å². The molecule has 0 spiro atoms. The Kier molecular flexibility index (Phi) is 5.25. The third-order valence-electron chi connectivity index (χ3n) is 4.13. The molecule has 4 N–H and O–H groups in total. The molecule has 1 fully saturated rings. The van der Waals surface area contributed by atoms with Gasteiger partial charge >= 0.3 is 0 Å². The van der Waals surface area contributed by atoms with Crippen LogP contribution in [0.1, 0.15) is 18.4 Å². The molecule has 3 rings (SSSR count). The number of H-pyrrole nitrogens is 1. The van der Waals surface area contributed by atoms with Gasteiger partial charge in [-0.3, -0.25) is 0 Å². The minimum absolute atomic E-state index is 0.366. The molecule has 1 saturated heterocycles. The Hall–Kier alpha value is -1.50. The molecule has 0 saturated carbocycles. The predicted molar refractivity (Wildman–Crippen MR) is 93.9 cm³/mol. The summed E-state index contributed by atoms with van der Waals surface area (Å²) in [4.78, 5) is 6.34. The first kappa shape index (κ1) is 16.4. The molecule has 2 aromatic rings. The average molecular weight is 355 g/mol. The van der Waals surface area contributed by atoms with Crippen molar-refractivity contribution in [2.24, 2.45) is 5.92 Å². The van der Waals surface area contributed by atoms with E-state index >= 15 is 0 Å². The Morgan fingerprint density at radius 1 is 1.26 bits per heavy atom. The maximum absolute atomic E-state index is 6.03. The van der Waals surface area contributed by atoms with Crippen molar-refractivity contribution in [3.8, 4) is 0 Å². The molecule has 0 aliphatic carbocycles. The van der Waals surface area contributed by atoms with E-state index in [1.807, 2.05) is 18.2 Å². The van der Waals surface area contributed by atoms with Gasteiger partial charge in [0.15, 0.2) is 0 Å². The van der Waals surface area contributed by atoms with Gasteiger partial charge in [-0.05, 0) is 43.0 Å². The summed E-state index contributed by atoms with van der Waals surface area (Å²) in [6.45, 7) is 3.70. The fraction of sp³-hybridized carbons (Fsp3) is 0.467. The summed E-state index contributed by atoms with van der Waals surface area (Å²) in [5, 5.41) is 11.5. The summed E-state index contributed by atoms with van der Waals surface area (Å²) >= 11 is 12.0. The fourth-order valence-corrected chi connectivity index (χ4v) is 3.13.